The molecule has 4 heteroatoms. The van der Waals surface area contributed by atoms with Crippen molar-refractivity contribution in [1.29, 1.82) is 0 Å². The Morgan fingerprint density at radius 1 is 1.20 bits per heavy atom. The van der Waals surface area contributed by atoms with Crippen molar-refractivity contribution in [2.24, 2.45) is 0 Å². The Morgan fingerprint density at radius 3 is 2.85 bits per heavy atom. The molecular formula is C16H17N3O. The number of nitrogens with two attached hydrogens (primary N) is 1. The fraction of sp³-hybridized carbons (Fsp3) is 0.188. The molecule has 20 heavy (non-hydrogen) atoms. The van der Waals surface area contributed by atoms with Crippen LogP contribution in [0, 0.1) is 0 Å². The normalized spacial score (nSPS) is 10.8. The van der Waals surface area contributed by atoms with E-state index in [4.69, 9.17) is 10.5 Å². The highest BCUT2D eigenvalue weighted by Crippen LogP contribution is 2.26. The number of nitrogen functional groups attached to an aromatic ring is 1. The molecule has 0 amide bonds. The molecule has 0 aliphatic heterocycles. The van der Waals surface area contributed by atoms with Crippen LogP contribution in [0.2, 0.25) is 0 Å². The molecule has 1 heterocycles. The third-order valence-corrected chi connectivity index (χ3v) is 3.12. The smallest absolute Gasteiger partial charge is 0.138 e. The van der Waals surface area contributed by atoms with E-state index in [1.807, 2.05) is 42.5 Å². The van der Waals surface area contributed by atoms with Gasteiger partial charge in [0.15, 0.2) is 0 Å². The molecule has 0 unspecified atom stereocenters. The molecule has 0 saturated carbocycles. The van der Waals surface area contributed by atoms with Gasteiger partial charge in [0.05, 0.1) is 17.8 Å². The van der Waals surface area contributed by atoms with Crippen LogP contribution >= 0.6 is 0 Å². The van der Waals surface area contributed by atoms with E-state index in [1.54, 1.807) is 0 Å². The summed E-state index contributed by atoms with van der Waals surface area (Å²) in [4.78, 5) is 7.86. The first kappa shape index (κ1) is 12.5. The number of nitrogens with one attached hydrogen (secondary N) is 1. The monoisotopic (exact) mass is 267 g/mol. The number of ether oxygens (including phenoxy) is 1. The molecule has 2 aromatic carbocycles. The van der Waals surface area contributed by atoms with E-state index in [1.165, 1.54) is 0 Å². The van der Waals surface area contributed by atoms with Crippen LogP contribution in [0.1, 0.15) is 13.3 Å². The fourth-order valence-electron chi connectivity index (χ4n) is 2.14. The number of nitrogens with zero attached hydrogens (tertiary/aromatic N) is 1. The first-order valence-electron chi connectivity index (χ1n) is 6.75. The number of H-pyrrole nitrogens is 1. The molecule has 4 nitrogen and oxygen atoms in total. The summed E-state index contributed by atoms with van der Waals surface area (Å²) in [6.07, 6.45) is 0.991. The Hall–Kier alpha value is -2.49. The lowest BCUT2D eigenvalue weighted by atomic mass is 10.2. The minimum atomic E-state index is 0.684. The van der Waals surface area contributed by atoms with Gasteiger partial charge in [-0.15, -0.1) is 0 Å². The molecule has 3 aromatic rings. The van der Waals surface area contributed by atoms with Crippen LogP contribution in [0.4, 0.5) is 5.69 Å². The third-order valence-electron chi connectivity index (χ3n) is 3.12. The molecule has 0 bridgehead atoms. The highest BCUT2D eigenvalue weighted by molar-refractivity contribution is 5.89. The van der Waals surface area contributed by atoms with Crippen LogP contribution in [0.5, 0.6) is 5.75 Å². The van der Waals surface area contributed by atoms with Gasteiger partial charge >= 0.3 is 0 Å². The summed E-state index contributed by atoms with van der Waals surface area (Å²) in [6.45, 7) is 2.81. The molecule has 0 fully saturated rings. The van der Waals surface area contributed by atoms with Crippen LogP contribution in [0.15, 0.2) is 42.5 Å². The maximum atomic E-state index is 5.94. The lowest BCUT2D eigenvalue weighted by molar-refractivity contribution is 0.317. The minimum absolute atomic E-state index is 0.684. The maximum Gasteiger partial charge on any atom is 0.138 e. The quantitative estimate of drug-likeness (QED) is 0.710. The van der Waals surface area contributed by atoms with Gasteiger partial charge in [-0.25, -0.2) is 4.98 Å². The van der Waals surface area contributed by atoms with Crippen LogP contribution in [-0.2, 0) is 0 Å². The van der Waals surface area contributed by atoms with Crippen LogP contribution in [0.3, 0.4) is 0 Å². The summed E-state index contributed by atoms with van der Waals surface area (Å²) in [5, 5.41) is 0. The number of hydrogen-bond donors (Lipinski definition) is 2. The summed E-state index contributed by atoms with van der Waals surface area (Å²) in [5.41, 5.74) is 9.37. The van der Waals surface area contributed by atoms with E-state index in [0.29, 0.717) is 5.69 Å². The highest BCUT2D eigenvalue weighted by atomic mass is 16.5. The predicted molar refractivity (Wildman–Crippen MR) is 81.7 cm³/mol. The van der Waals surface area contributed by atoms with Crippen molar-refractivity contribution in [3.05, 3.63) is 42.5 Å². The maximum absolute atomic E-state index is 5.94. The van der Waals surface area contributed by atoms with E-state index in [9.17, 15) is 0 Å². The Morgan fingerprint density at radius 2 is 2.05 bits per heavy atom. The standard InChI is InChI=1S/C16H17N3O/c1-2-9-20-12-6-3-5-11(10-12)16-18-14-8-4-7-13(17)15(14)19-16/h3-8,10H,2,9,17H2,1H3,(H,18,19). The molecule has 0 radical (unpaired) electrons. The van der Waals surface area contributed by atoms with Crippen LogP contribution in [0.25, 0.3) is 22.4 Å². The molecule has 1 aromatic heterocycles. The number of para-hydroxylation sites is 1. The molecule has 3 rings (SSSR count). The zero-order valence-electron chi connectivity index (χ0n) is 11.4. The van der Waals surface area contributed by atoms with E-state index in [0.717, 1.165) is 41.2 Å². The van der Waals surface area contributed by atoms with Gasteiger partial charge in [0.1, 0.15) is 17.1 Å². The summed E-state index contributed by atoms with van der Waals surface area (Å²) in [6, 6.07) is 13.7. The molecule has 0 atom stereocenters. The number of aromatic amines is 1. The molecule has 0 saturated heterocycles. The Balaban J connectivity index is 2.00. The van der Waals surface area contributed by atoms with Gasteiger partial charge in [-0.05, 0) is 30.7 Å². The van der Waals surface area contributed by atoms with Gasteiger partial charge in [0.25, 0.3) is 0 Å². The van der Waals surface area contributed by atoms with Crippen molar-refractivity contribution in [3.8, 4) is 17.1 Å². The average molecular weight is 267 g/mol. The van der Waals surface area contributed by atoms with Crippen molar-refractivity contribution in [1.82, 2.24) is 9.97 Å². The SMILES string of the molecule is CCCOc1cccc(-c2nc3c(N)cccc3[nH]2)c1. The first-order chi connectivity index (χ1) is 9.78. The van der Waals surface area contributed by atoms with E-state index >= 15 is 0 Å². The van der Waals surface area contributed by atoms with Gasteiger partial charge in [-0.1, -0.05) is 25.1 Å². The molecule has 102 valence electrons. The third kappa shape index (κ3) is 2.32. The Bertz CT molecular complexity index is 733. The lowest BCUT2D eigenvalue weighted by Gasteiger charge is -2.05. The molecule has 0 aliphatic carbocycles. The van der Waals surface area contributed by atoms with Crippen molar-refractivity contribution in [3.63, 3.8) is 0 Å². The second-order valence-corrected chi connectivity index (χ2v) is 4.71. The fourth-order valence-corrected chi connectivity index (χ4v) is 2.14. The van der Waals surface area contributed by atoms with Crippen LogP contribution in [-0.4, -0.2) is 16.6 Å². The predicted octanol–water partition coefficient (Wildman–Crippen LogP) is 3.60. The van der Waals surface area contributed by atoms with E-state index in [-0.39, 0.29) is 0 Å². The molecule has 0 spiro atoms. The van der Waals surface area contributed by atoms with Crippen molar-refractivity contribution < 1.29 is 4.74 Å². The molecule has 3 N–H and O–H groups in total. The van der Waals surface area contributed by atoms with Gasteiger partial charge in [-0.3, -0.25) is 0 Å². The second-order valence-electron chi connectivity index (χ2n) is 4.71. The van der Waals surface area contributed by atoms with Crippen molar-refractivity contribution >= 4 is 16.7 Å². The van der Waals surface area contributed by atoms with Crippen molar-refractivity contribution in [2.75, 3.05) is 12.3 Å². The average Bonchev–Trinajstić information content (AvgIpc) is 2.91. The lowest BCUT2D eigenvalue weighted by Crippen LogP contribution is -1.94. The summed E-state index contributed by atoms with van der Waals surface area (Å²) in [7, 11) is 0. The zero-order valence-corrected chi connectivity index (χ0v) is 11.4. The van der Waals surface area contributed by atoms with Gasteiger partial charge < -0.3 is 15.5 Å². The second kappa shape index (κ2) is 5.25. The number of anilines is 1. The Kier molecular flexibility index (Phi) is 3.29. The Labute approximate surface area is 117 Å². The number of benzene rings is 2. The number of hydrogen-bond acceptors (Lipinski definition) is 3. The molecule has 0 aliphatic rings. The highest BCUT2D eigenvalue weighted by Gasteiger charge is 2.08. The van der Waals surface area contributed by atoms with Gasteiger partial charge in [0.2, 0.25) is 0 Å². The summed E-state index contributed by atoms with van der Waals surface area (Å²) in [5.74, 6) is 1.66. The summed E-state index contributed by atoms with van der Waals surface area (Å²) >= 11 is 0. The minimum Gasteiger partial charge on any atom is -0.494 e. The summed E-state index contributed by atoms with van der Waals surface area (Å²) < 4.78 is 5.65. The van der Waals surface area contributed by atoms with Crippen molar-refractivity contribution in [2.45, 2.75) is 13.3 Å². The number of fused-ring (bicyclic) bond motifs is 1. The largest absolute Gasteiger partial charge is 0.494 e. The van der Waals surface area contributed by atoms with Gasteiger partial charge in [-0.2, -0.15) is 0 Å². The number of aromatic nitrogens is 2. The number of imidazole rings is 1. The molecular weight excluding hydrogens is 250 g/mol. The topological polar surface area (TPSA) is 63.9 Å². The first-order valence-corrected chi connectivity index (χ1v) is 6.75. The van der Waals surface area contributed by atoms with Gasteiger partial charge in [0, 0.05) is 5.56 Å². The van der Waals surface area contributed by atoms with E-state index in [2.05, 4.69) is 16.9 Å². The number of rotatable bonds is 4. The van der Waals surface area contributed by atoms with E-state index < -0.39 is 0 Å². The zero-order chi connectivity index (χ0) is 13.9. The van der Waals surface area contributed by atoms with Crippen LogP contribution < -0.4 is 10.5 Å².